The van der Waals surface area contributed by atoms with E-state index in [4.69, 9.17) is 21.8 Å². The first-order chi connectivity index (χ1) is 8.06. The van der Waals surface area contributed by atoms with Crippen LogP contribution in [0, 0.1) is 0 Å². The molecule has 0 aliphatic rings. The van der Waals surface area contributed by atoms with E-state index in [0.717, 1.165) is 10.2 Å². The number of hydrogen-bond acceptors (Lipinski definition) is 5. The Morgan fingerprint density at radius 3 is 2.82 bits per heavy atom. The number of nitrogens with one attached hydrogen (secondary N) is 1. The second-order valence-electron chi connectivity index (χ2n) is 3.48. The van der Waals surface area contributed by atoms with Gasteiger partial charge in [-0.05, 0) is 41.1 Å². The summed E-state index contributed by atoms with van der Waals surface area (Å²) in [6.07, 6.45) is 0. The van der Waals surface area contributed by atoms with Crippen LogP contribution in [0.3, 0.4) is 0 Å². The number of benzene rings is 1. The van der Waals surface area contributed by atoms with E-state index in [9.17, 15) is 0 Å². The number of aromatic nitrogens is 2. The zero-order chi connectivity index (χ0) is 12.4. The van der Waals surface area contributed by atoms with Crippen LogP contribution >= 0.6 is 27.5 Å². The lowest BCUT2D eigenvalue weighted by Crippen LogP contribution is -2.04. The molecule has 90 valence electrons. The highest BCUT2D eigenvalue weighted by molar-refractivity contribution is 9.10. The molecule has 17 heavy (non-hydrogen) atoms. The van der Waals surface area contributed by atoms with Crippen LogP contribution in [0.25, 0.3) is 0 Å². The highest BCUT2D eigenvalue weighted by atomic mass is 79.9. The third-order valence-corrected chi connectivity index (χ3v) is 2.89. The molecule has 1 atom stereocenters. The molecule has 0 aliphatic carbocycles. The third kappa shape index (κ3) is 2.96. The summed E-state index contributed by atoms with van der Waals surface area (Å²) >= 11 is 9.22. The average Bonchev–Trinajstić information content (AvgIpc) is 2.71. The summed E-state index contributed by atoms with van der Waals surface area (Å²) in [6, 6.07) is 5.35. The van der Waals surface area contributed by atoms with E-state index in [0.29, 0.717) is 16.9 Å². The van der Waals surface area contributed by atoms with Crippen LogP contribution in [0.15, 0.2) is 27.1 Å². The van der Waals surface area contributed by atoms with Gasteiger partial charge >= 0.3 is 6.01 Å². The lowest BCUT2D eigenvalue weighted by Gasteiger charge is -2.04. The first-order valence-electron chi connectivity index (χ1n) is 4.87. The summed E-state index contributed by atoms with van der Waals surface area (Å²) in [5, 5.41) is 11.3. The molecule has 1 unspecified atom stereocenters. The molecule has 7 heteroatoms. The minimum atomic E-state index is -0.285. The summed E-state index contributed by atoms with van der Waals surface area (Å²) in [5.41, 5.74) is 6.41. The van der Waals surface area contributed by atoms with Crippen molar-refractivity contribution in [2.75, 3.05) is 5.32 Å². The van der Waals surface area contributed by atoms with Gasteiger partial charge < -0.3 is 15.5 Å². The lowest BCUT2D eigenvalue weighted by molar-refractivity contribution is 0.475. The van der Waals surface area contributed by atoms with Gasteiger partial charge in [-0.25, -0.2) is 0 Å². The molecular weight excluding hydrogens is 307 g/mol. The fourth-order valence-corrected chi connectivity index (χ4v) is 1.96. The maximum atomic E-state index is 5.84. The molecule has 2 rings (SSSR count). The van der Waals surface area contributed by atoms with Gasteiger partial charge in [-0.1, -0.05) is 16.7 Å². The number of nitrogens with two attached hydrogens (primary N) is 1. The van der Waals surface area contributed by atoms with E-state index in [2.05, 4.69) is 31.4 Å². The summed E-state index contributed by atoms with van der Waals surface area (Å²) in [6.45, 7) is 1.77. The van der Waals surface area contributed by atoms with Crippen LogP contribution in [0.5, 0.6) is 0 Å². The van der Waals surface area contributed by atoms with Gasteiger partial charge in [-0.15, -0.1) is 5.10 Å². The van der Waals surface area contributed by atoms with E-state index < -0.39 is 0 Å². The highest BCUT2D eigenvalue weighted by Crippen LogP contribution is 2.28. The van der Waals surface area contributed by atoms with Gasteiger partial charge in [0.1, 0.15) is 0 Å². The van der Waals surface area contributed by atoms with Crippen LogP contribution in [0.1, 0.15) is 18.9 Å². The number of anilines is 2. The minimum Gasteiger partial charge on any atom is -0.406 e. The standard InChI is InChI=1S/C10H10BrClN4O/c1-5(13)9-15-16-10(17-9)14-8-3-2-6(12)4-7(8)11/h2-5H,13H2,1H3,(H,14,16). The second kappa shape index (κ2) is 5.03. The Kier molecular flexibility index (Phi) is 3.66. The van der Waals surface area contributed by atoms with Crippen LogP contribution in [-0.4, -0.2) is 10.2 Å². The molecule has 1 aromatic heterocycles. The Morgan fingerprint density at radius 1 is 1.47 bits per heavy atom. The summed E-state index contributed by atoms with van der Waals surface area (Å²) < 4.78 is 6.13. The molecule has 0 saturated heterocycles. The van der Waals surface area contributed by atoms with Crippen molar-refractivity contribution in [2.24, 2.45) is 5.73 Å². The van der Waals surface area contributed by atoms with Gasteiger partial charge in [0, 0.05) is 9.50 Å². The van der Waals surface area contributed by atoms with Gasteiger partial charge in [0.25, 0.3) is 0 Å². The number of halogens is 2. The van der Waals surface area contributed by atoms with Gasteiger partial charge in [0.05, 0.1) is 11.7 Å². The van der Waals surface area contributed by atoms with E-state index in [1.165, 1.54) is 0 Å². The topological polar surface area (TPSA) is 77.0 Å². The summed E-state index contributed by atoms with van der Waals surface area (Å²) in [7, 11) is 0. The SMILES string of the molecule is CC(N)c1nnc(Nc2ccc(Cl)cc2Br)o1. The van der Waals surface area contributed by atoms with Crippen LogP contribution in [-0.2, 0) is 0 Å². The van der Waals surface area contributed by atoms with Crippen LogP contribution in [0.2, 0.25) is 5.02 Å². The van der Waals surface area contributed by atoms with Gasteiger partial charge in [-0.2, -0.15) is 0 Å². The molecule has 0 aliphatic heterocycles. The Hall–Kier alpha value is -1.11. The maximum Gasteiger partial charge on any atom is 0.320 e. The fraction of sp³-hybridized carbons (Fsp3) is 0.200. The Morgan fingerprint density at radius 2 is 2.24 bits per heavy atom. The molecule has 0 radical (unpaired) electrons. The van der Waals surface area contributed by atoms with Crippen LogP contribution in [0.4, 0.5) is 11.7 Å². The molecule has 0 spiro atoms. The Balaban J connectivity index is 2.19. The smallest absolute Gasteiger partial charge is 0.320 e. The van der Waals surface area contributed by atoms with E-state index >= 15 is 0 Å². The van der Waals surface area contributed by atoms with Crippen molar-refractivity contribution >= 4 is 39.2 Å². The van der Waals surface area contributed by atoms with Gasteiger partial charge in [0.2, 0.25) is 5.89 Å². The Bertz CT molecular complexity index is 529. The molecule has 0 amide bonds. The average molecular weight is 318 g/mol. The Labute approximate surface area is 111 Å². The summed E-state index contributed by atoms with van der Waals surface area (Å²) in [5.74, 6) is 0.387. The quantitative estimate of drug-likeness (QED) is 0.908. The molecule has 0 fully saturated rings. The van der Waals surface area contributed by atoms with Crippen molar-refractivity contribution in [3.05, 3.63) is 33.6 Å². The van der Waals surface area contributed by atoms with Crippen molar-refractivity contribution in [1.82, 2.24) is 10.2 Å². The van der Waals surface area contributed by atoms with E-state index in [1.807, 2.05) is 6.07 Å². The van der Waals surface area contributed by atoms with E-state index in [1.54, 1.807) is 19.1 Å². The second-order valence-corrected chi connectivity index (χ2v) is 4.77. The molecule has 2 aromatic rings. The summed E-state index contributed by atoms with van der Waals surface area (Å²) in [4.78, 5) is 0. The van der Waals surface area contributed by atoms with Gasteiger partial charge in [0.15, 0.2) is 0 Å². The number of nitrogens with zero attached hydrogens (tertiary/aromatic N) is 2. The molecular formula is C10H10BrClN4O. The largest absolute Gasteiger partial charge is 0.406 e. The minimum absolute atomic E-state index is 0.285. The molecule has 0 saturated carbocycles. The zero-order valence-electron chi connectivity index (χ0n) is 8.95. The first-order valence-corrected chi connectivity index (χ1v) is 6.04. The van der Waals surface area contributed by atoms with E-state index in [-0.39, 0.29) is 6.04 Å². The first kappa shape index (κ1) is 12.3. The molecule has 5 nitrogen and oxygen atoms in total. The predicted octanol–water partition coefficient (Wildman–Crippen LogP) is 3.25. The van der Waals surface area contributed by atoms with Crippen molar-refractivity contribution in [3.8, 4) is 0 Å². The van der Waals surface area contributed by atoms with Crippen molar-refractivity contribution in [2.45, 2.75) is 13.0 Å². The number of hydrogen-bond donors (Lipinski definition) is 2. The predicted molar refractivity (Wildman–Crippen MR) is 69.3 cm³/mol. The number of rotatable bonds is 3. The van der Waals surface area contributed by atoms with Crippen molar-refractivity contribution in [1.29, 1.82) is 0 Å². The fourth-order valence-electron chi connectivity index (χ4n) is 1.18. The van der Waals surface area contributed by atoms with Crippen LogP contribution < -0.4 is 11.1 Å². The monoisotopic (exact) mass is 316 g/mol. The van der Waals surface area contributed by atoms with Crippen molar-refractivity contribution < 1.29 is 4.42 Å². The molecule has 3 N–H and O–H groups in total. The molecule has 0 bridgehead atoms. The zero-order valence-corrected chi connectivity index (χ0v) is 11.3. The lowest BCUT2D eigenvalue weighted by atomic mass is 10.3. The van der Waals surface area contributed by atoms with Crippen molar-refractivity contribution in [3.63, 3.8) is 0 Å². The highest BCUT2D eigenvalue weighted by Gasteiger charge is 2.10. The maximum absolute atomic E-state index is 5.84. The normalized spacial score (nSPS) is 12.5. The molecule has 1 heterocycles. The molecule has 1 aromatic carbocycles. The third-order valence-electron chi connectivity index (χ3n) is 2.00. The van der Waals surface area contributed by atoms with Gasteiger partial charge in [-0.3, -0.25) is 0 Å².